The van der Waals surface area contributed by atoms with Gasteiger partial charge in [-0.1, -0.05) is 17.3 Å². The maximum atomic E-state index is 12.0. The summed E-state index contributed by atoms with van der Waals surface area (Å²) in [7, 11) is 1.46. The summed E-state index contributed by atoms with van der Waals surface area (Å²) in [6.07, 6.45) is 6.97. The fraction of sp³-hybridized carbons (Fsp3) is 0.167. The van der Waals surface area contributed by atoms with E-state index in [1.54, 1.807) is 0 Å². The maximum absolute atomic E-state index is 12.0. The first-order valence-electron chi connectivity index (χ1n) is 6.45. The normalized spacial score (nSPS) is 11.0. The number of tetrazole rings is 1. The van der Waals surface area contributed by atoms with Crippen LogP contribution >= 0.6 is 11.3 Å². The zero-order valence-corrected chi connectivity index (χ0v) is 12.1. The van der Waals surface area contributed by atoms with Crippen molar-refractivity contribution in [3.63, 3.8) is 0 Å². The molecule has 0 saturated carbocycles. The van der Waals surface area contributed by atoms with Crippen molar-refractivity contribution in [1.82, 2.24) is 35.0 Å². The third-order valence-corrected chi connectivity index (χ3v) is 3.35. The van der Waals surface area contributed by atoms with Gasteiger partial charge in [0.15, 0.2) is 5.82 Å². The maximum Gasteiger partial charge on any atom is 0.369 e. The van der Waals surface area contributed by atoms with Crippen molar-refractivity contribution in [2.75, 3.05) is 0 Å². The second-order valence-electron chi connectivity index (χ2n) is 4.03. The number of ether oxygens (including phenoxy) is 1. The molecule has 9 nitrogen and oxygen atoms in total. The first kappa shape index (κ1) is 12.7. The molecule has 0 aromatic carbocycles. The van der Waals surface area contributed by atoms with E-state index in [-0.39, 0.29) is 18.6 Å². The van der Waals surface area contributed by atoms with Gasteiger partial charge < -0.3 is 4.74 Å². The summed E-state index contributed by atoms with van der Waals surface area (Å²) < 4.78 is 14.9. The van der Waals surface area contributed by atoms with Gasteiger partial charge in [0.1, 0.15) is 6.61 Å². The first-order valence-corrected chi connectivity index (χ1v) is 6.83. The fourth-order valence-electron chi connectivity index (χ4n) is 1.67. The smallest absolute Gasteiger partial charge is 0.369 e. The third kappa shape index (κ3) is 2.45. The number of rotatable bonds is 4. The Kier molecular flexibility index (Phi) is 3.31. The number of aromatic nitrogens is 7. The van der Waals surface area contributed by atoms with Gasteiger partial charge in [-0.15, -0.1) is 16.2 Å². The van der Waals surface area contributed by atoms with Crippen LogP contribution in [0.3, 0.4) is 0 Å². The van der Waals surface area contributed by atoms with Gasteiger partial charge in [0.2, 0.25) is 0 Å². The third-order valence-electron chi connectivity index (χ3n) is 2.72. The van der Waals surface area contributed by atoms with E-state index in [4.69, 9.17) is 12.5 Å². The fourth-order valence-corrected chi connectivity index (χ4v) is 2.10. The molecule has 0 spiro atoms. The minimum atomic E-state index is -0.489. The van der Waals surface area contributed by atoms with Gasteiger partial charge in [-0.2, -0.15) is 9.78 Å². The Hall–Kier alpha value is -3.06. The van der Waals surface area contributed by atoms with Gasteiger partial charge in [0, 0.05) is 18.6 Å². The van der Waals surface area contributed by atoms with Crippen LogP contribution < -0.4 is 10.4 Å². The Morgan fingerprint density at radius 3 is 3.05 bits per heavy atom. The van der Waals surface area contributed by atoms with Crippen LogP contribution in [0.1, 0.15) is 12.5 Å². The molecule has 0 aliphatic carbocycles. The van der Waals surface area contributed by atoms with Crippen LogP contribution in [0.5, 0.6) is 5.19 Å². The van der Waals surface area contributed by atoms with Crippen LogP contribution in [0.25, 0.3) is 5.82 Å². The molecule has 0 unspecified atom stereocenters. The van der Waals surface area contributed by atoms with Crippen molar-refractivity contribution in [3.05, 3.63) is 39.4 Å². The van der Waals surface area contributed by atoms with E-state index in [9.17, 15) is 4.79 Å². The van der Waals surface area contributed by atoms with E-state index in [0.29, 0.717) is 16.3 Å². The summed E-state index contributed by atoms with van der Waals surface area (Å²) >= 11 is 1.18. The summed E-state index contributed by atoms with van der Waals surface area (Å²) in [6.45, 7) is 0.000351. The Labute approximate surface area is 129 Å². The first-order chi connectivity index (χ1) is 11.1. The van der Waals surface area contributed by atoms with Gasteiger partial charge in [0.05, 0.1) is 18.7 Å². The Morgan fingerprint density at radius 2 is 2.41 bits per heavy atom. The average molecular weight is 317 g/mol. The largest absolute Gasteiger partial charge is 0.465 e. The van der Waals surface area contributed by atoms with Crippen molar-refractivity contribution >= 4 is 11.3 Å². The molecule has 0 N–H and O–H groups in total. The van der Waals surface area contributed by atoms with Crippen molar-refractivity contribution in [2.24, 2.45) is 7.05 Å². The second-order valence-corrected chi connectivity index (χ2v) is 4.85. The molecule has 0 aliphatic heterocycles. The molecule has 0 atom stereocenters. The Balaban J connectivity index is 2.02. The molecule has 3 rings (SSSR count). The highest BCUT2D eigenvalue weighted by Crippen LogP contribution is 2.19. The molecule has 0 radical (unpaired) electrons. The molecule has 3 aromatic heterocycles. The van der Waals surface area contributed by atoms with Crippen LogP contribution in [0.4, 0.5) is 0 Å². The number of nitrogens with zero attached hydrogens (tertiary/aromatic N) is 7. The standard InChI is InChI=1S/C12H9N7O2S/c1-3-8-6-14-15-10(19-12(20)18(2)16-17-19)9(8)7-21-11-13-4-5-22-11/h1,4-6H,7H2,2H3/i4T. The lowest BCUT2D eigenvalue weighted by Gasteiger charge is -2.08. The van der Waals surface area contributed by atoms with Crippen LogP contribution in [0.2, 0.25) is 0 Å². The van der Waals surface area contributed by atoms with Gasteiger partial charge >= 0.3 is 5.69 Å². The zero-order chi connectivity index (χ0) is 16.4. The van der Waals surface area contributed by atoms with Crippen LogP contribution in [0, 0.1) is 12.3 Å². The summed E-state index contributed by atoms with van der Waals surface area (Å²) in [5.74, 6) is 2.61. The Morgan fingerprint density at radius 1 is 1.55 bits per heavy atom. The van der Waals surface area contributed by atoms with Crippen LogP contribution in [-0.2, 0) is 13.7 Å². The molecule has 0 amide bonds. The van der Waals surface area contributed by atoms with Crippen molar-refractivity contribution in [1.29, 1.82) is 0 Å². The number of aryl methyl sites for hydroxylation is 1. The van der Waals surface area contributed by atoms with E-state index >= 15 is 0 Å². The molecule has 3 aromatic rings. The molecule has 0 saturated heterocycles. The van der Waals surface area contributed by atoms with E-state index < -0.39 is 5.69 Å². The Bertz CT molecular complexity index is 955. The van der Waals surface area contributed by atoms with E-state index in [0.717, 1.165) is 9.36 Å². The summed E-state index contributed by atoms with van der Waals surface area (Å²) in [4.78, 5) is 15.9. The van der Waals surface area contributed by atoms with Gasteiger partial charge in [-0.25, -0.2) is 9.78 Å². The topological polar surface area (TPSA) is 101 Å². The van der Waals surface area contributed by atoms with E-state index in [1.165, 1.54) is 30.0 Å². The zero-order valence-electron chi connectivity index (χ0n) is 12.3. The lowest BCUT2D eigenvalue weighted by Crippen LogP contribution is -2.24. The van der Waals surface area contributed by atoms with Crippen molar-refractivity contribution < 1.29 is 6.11 Å². The highest BCUT2D eigenvalue weighted by molar-refractivity contribution is 7.11. The number of terminal acetylenes is 1. The SMILES string of the molecule is [3H]c1csc(OCc2c(C#C)cnnc2-n2nnn(C)c2=O)n1. The lowest BCUT2D eigenvalue weighted by molar-refractivity contribution is 0.302. The summed E-state index contributed by atoms with van der Waals surface area (Å²) in [6, 6.07) is 0. The van der Waals surface area contributed by atoms with Gasteiger partial charge in [-0.3, -0.25) is 0 Å². The van der Waals surface area contributed by atoms with E-state index in [1.807, 2.05) is 0 Å². The van der Waals surface area contributed by atoms with Crippen LogP contribution in [0.15, 0.2) is 22.5 Å². The van der Waals surface area contributed by atoms with Gasteiger partial charge in [-0.05, 0) is 10.4 Å². The van der Waals surface area contributed by atoms with Crippen molar-refractivity contribution in [3.8, 4) is 23.4 Å². The van der Waals surface area contributed by atoms with Crippen molar-refractivity contribution in [2.45, 2.75) is 6.61 Å². The average Bonchev–Trinajstić information content (AvgIpc) is 3.11. The van der Waals surface area contributed by atoms with E-state index in [2.05, 4.69) is 31.5 Å². The molecule has 110 valence electrons. The molecular weight excluding hydrogens is 306 g/mol. The molecule has 22 heavy (non-hydrogen) atoms. The molecule has 10 heteroatoms. The summed E-state index contributed by atoms with van der Waals surface area (Å²) in [5.41, 5.74) is 0.374. The number of thiazole rings is 1. The predicted molar refractivity (Wildman–Crippen MR) is 76.6 cm³/mol. The minimum absolute atomic E-state index is 0.000351. The molecule has 0 fully saturated rings. The second kappa shape index (κ2) is 5.74. The quantitative estimate of drug-likeness (QED) is 0.613. The predicted octanol–water partition coefficient (Wildman–Crippen LogP) is -0.227. The number of hydrogen-bond donors (Lipinski definition) is 0. The molecule has 0 aliphatic rings. The molecule has 3 heterocycles. The number of hydrogen-bond acceptors (Lipinski definition) is 8. The minimum Gasteiger partial charge on any atom is -0.465 e. The summed E-state index contributed by atoms with van der Waals surface area (Å²) in [5, 5.41) is 16.9. The molecule has 0 bridgehead atoms. The highest BCUT2D eigenvalue weighted by Gasteiger charge is 2.17. The lowest BCUT2D eigenvalue weighted by atomic mass is 10.1. The van der Waals surface area contributed by atoms with Gasteiger partial charge in [0.25, 0.3) is 5.19 Å². The monoisotopic (exact) mass is 317 g/mol. The van der Waals surface area contributed by atoms with Crippen LogP contribution in [-0.4, -0.2) is 35.0 Å². The highest BCUT2D eigenvalue weighted by atomic mass is 32.1. The molecular formula is C12H9N7O2S.